The molecule has 1 rings (SSSR count). The molecule has 0 radical (unpaired) electrons. The maximum Gasteiger partial charge on any atom is 0.409 e. The van der Waals surface area contributed by atoms with Crippen molar-refractivity contribution in [2.45, 2.75) is 52.0 Å². The molecule has 1 aliphatic heterocycles. The summed E-state index contributed by atoms with van der Waals surface area (Å²) in [6.45, 7) is 7.37. The monoisotopic (exact) mass is 470 g/mol. The Balaban J connectivity index is 0.00000576. The van der Waals surface area contributed by atoms with Crippen molar-refractivity contribution in [3.05, 3.63) is 0 Å². The molecule has 0 aromatic carbocycles. The summed E-state index contributed by atoms with van der Waals surface area (Å²) in [7, 11) is 1.42. The molecule has 0 saturated carbocycles. The Kier molecular flexibility index (Phi) is 14.0. The van der Waals surface area contributed by atoms with Crippen molar-refractivity contribution >= 4 is 36.0 Å². The minimum Gasteiger partial charge on any atom is -0.453 e. The minimum atomic E-state index is -0.250. The summed E-state index contributed by atoms with van der Waals surface area (Å²) < 4.78 is 4.77. The molecule has 0 spiro atoms. The van der Waals surface area contributed by atoms with Crippen LogP contribution in [0.3, 0.4) is 0 Å². The second-order valence-electron chi connectivity index (χ2n) is 6.26. The fourth-order valence-corrected chi connectivity index (χ4v) is 2.99. The standard InChI is InChI=1S/C17H34N4O3.HI/c1-4-6-14(9-12-22)13-19-16(18-5-2)20-15-7-10-21(11-8-15)17(23)24-3;/h14-15,22H,4-13H2,1-3H3,(H2,18,19,20);1H. The van der Waals surface area contributed by atoms with Gasteiger partial charge in [-0.05, 0) is 38.5 Å². The number of nitrogens with zero attached hydrogens (tertiary/aromatic N) is 2. The van der Waals surface area contributed by atoms with E-state index >= 15 is 0 Å². The lowest BCUT2D eigenvalue weighted by Gasteiger charge is -2.32. The van der Waals surface area contributed by atoms with Gasteiger partial charge in [0.1, 0.15) is 0 Å². The molecule has 1 atom stereocenters. The number of likely N-dealkylation sites (tertiary alicyclic amines) is 1. The molecule has 0 aromatic heterocycles. The van der Waals surface area contributed by atoms with Crippen LogP contribution in [0.1, 0.15) is 46.0 Å². The van der Waals surface area contributed by atoms with E-state index in [2.05, 4.69) is 17.6 Å². The first-order chi connectivity index (χ1) is 11.6. The third-order valence-corrected chi connectivity index (χ3v) is 4.35. The molecule has 148 valence electrons. The zero-order valence-electron chi connectivity index (χ0n) is 15.8. The fraction of sp³-hybridized carbons (Fsp3) is 0.882. The van der Waals surface area contributed by atoms with E-state index < -0.39 is 0 Å². The first-order valence-corrected chi connectivity index (χ1v) is 9.13. The van der Waals surface area contributed by atoms with E-state index in [-0.39, 0.29) is 36.7 Å². The number of hydrogen-bond acceptors (Lipinski definition) is 4. The Labute approximate surface area is 169 Å². The van der Waals surface area contributed by atoms with Gasteiger partial charge >= 0.3 is 6.09 Å². The zero-order chi connectivity index (χ0) is 17.8. The lowest BCUT2D eigenvalue weighted by atomic mass is 10.0. The van der Waals surface area contributed by atoms with Gasteiger partial charge in [-0.3, -0.25) is 4.99 Å². The average molecular weight is 470 g/mol. The molecule has 0 aliphatic carbocycles. The Morgan fingerprint density at radius 1 is 1.32 bits per heavy atom. The normalized spacial score (nSPS) is 16.8. The van der Waals surface area contributed by atoms with Crippen LogP contribution in [0, 0.1) is 5.92 Å². The molecule has 1 heterocycles. The Morgan fingerprint density at radius 3 is 2.52 bits per heavy atom. The van der Waals surface area contributed by atoms with E-state index in [1.54, 1.807) is 4.90 Å². The number of hydrogen-bond donors (Lipinski definition) is 3. The molecule has 1 unspecified atom stereocenters. The highest BCUT2D eigenvalue weighted by molar-refractivity contribution is 14.0. The summed E-state index contributed by atoms with van der Waals surface area (Å²) in [5.74, 6) is 1.25. The van der Waals surface area contributed by atoms with Gasteiger partial charge in [0.2, 0.25) is 0 Å². The van der Waals surface area contributed by atoms with Crippen LogP contribution in [0.4, 0.5) is 4.79 Å². The number of aliphatic hydroxyl groups is 1. The number of guanidine groups is 1. The highest BCUT2D eigenvalue weighted by Crippen LogP contribution is 2.13. The topological polar surface area (TPSA) is 86.2 Å². The van der Waals surface area contributed by atoms with E-state index in [1.807, 2.05) is 6.92 Å². The van der Waals surface area contributed by atoms with E-state index in [1.165, 1.54) is 7.11 Å². The maximum absolute atomic E-state index is 11.5. The molecule has 8 heteroatoms. The minimum absolute atomic E-state index is 0. The third kappa shape index (κ3) is 9.48. The number of methoxy groups -OCH3 is 1. The highest BCUT2D eigenvalue weighted by atomic mass is 127. The third-order valence-electron chi connectivity index (χ3n) is 4.35. The van der Waals surface area contributed by atoms with Gasteiger partial charge in [0.25, 0.3) is 0 Å². The summed E-state index contributed by atoms with van der Waals surface area (Å²) >= 11 is 0. The van der Waals surface area contributed by atoms with Gasteiger partial charge in [-0.1, -0.05) is 13.3 Å². The van der Waals surface area contributed by atoms with E-state index in [4.69, 9.17) is 14.8 Å². The maximum atomic E-state index is 11.5. The van der Waals surface area contributed by atoms with Crippen molar-refractivity contribution in [1.82, 2.24) is 15.5 Å². The number of aliphatic hydroxyl groups excluding tert-OH is 1. The molecular weight excluding hydrogens is 435 g/mol. The van der Waals surface area contributed by atoms with Crippen molar-refractivity contribution in [2.75, 3.05) is 39.9 Å². The fourth-order valence-electron chi connectivity index (χ4n) is 2.99. The van der Waals surface area contributed by atoms with Crippen LogP contribution in [0.2, 0.25) is 0 Å². The lowest BCUT2D eigenvalue weighted by Crippen LogP contribution is -2.49. The smallest absolute Gasteiger partial charge is 0.409 e. The highest BCUT2D eigenvalue weighted by Gasteiger charge is 2.23. The number of ether oxygens (including phenoxy) is 1. The summed E-state index contributed by atoms with van der Waals surface area (Å²) in [5, 5.41) is 15.9. The molecule has 7 nitrogen and oxygen atoms in total. The summed E-state index contributed by atoms with van der Waals surface area (Å²) in [4.78, 5) is 18.0. The van der Waals surface area contributed by atoms with Crippen LogP contribution in [0.25, 0.3) is 0 Å². The van der Waals surface area contributed by atoms with E-state index in [0.29, 0.717) is 25.0 Å². The van der Waals surface area contributed by atoms with Crippen molar-refractivity contribution in [1.29, 1.82) is 0 Å². The van der Waals surface area contributed by atoms with Gasteiger partial charge in [0.15, 0.2) is 5.96 Å². The number of nitrogens with one attached hydrogen (secondary N) is 2. The van der Waals surface area contributed by atoms with E-state index in [0.717, 1.165) is 51.2 Å². The first kappa shape index (κ1) is 24.2. The molecule has 1 aliphatic rings. The van der Waals surface area contributed by atoms with Crippen molar-refractivity contribution in [3.63, 3.8) is 0 Å². The number of halogens is 1. The van der Waals surface area contributed by atoms with Crippen molar-refractivity contribution in [3.8, 4) is 0 Å². The second-order valence-corrected chi connectivity index (χ2v) is 6.26. The van der Waals surface area contributed by atoms with Gasteiger partial charge < -0.3 is 25.4 Å². The molecule has 25 heavy (non-hydrogen) atoms. The largest absolute Gasteiger partial charge is 0.453 e. The molecule has 1 amide bonds. The predicted octanol–water partition coefficient (Wildman–Crippen LogP) is 2.19. The van der Waals surface area contributed by atoms with E-state index in [9.17, 15) is 4.79 Å². The zero-order valence-corrected chi connectivity index (χ0v) is 18.1. The van der Waals surface area contributed by atoms with Crippen LogP contribution in [-0.4, -0.2) is 68.0 Å². The number of carbonyl (C=O) groups excluding carboxylic acids is 1. The summed E-state index contributed by atoms with van der Waals surface area (Å²) in [6, 6.07) is 0.311. The van der Waals surface area contributed by atoms with Gasteiger partial charge in [-0.25, -0.2) is 4.79 Å². The van der Waals surface area contributed by atoms with Crippen LogP contribution >= 0.6 is 24.0 Å². The number of aliphatic imine (C=N–C) groups is 1. The number of carbonyl (C=O) groups is 1. The van der Waals surface area contributed by atoms with Crippen LogP contribution in [-0.2, 0) is 4.74 Å². The van der Waals surface area contributed by atoms with Crippen LogP contribution in [0.5, 0.6) is 0 Å². The molecule has 0 bridgehead atoms. The molecule has 1 saturated heterocycles. The number of amides is 1. The average Bonchev–Trinajstić information content (AvgIpc) is 2.60. The molecule has 0 aromatic rings. The SMILES string of the molecule is CCCC(CCO)CN=C(NCC)NC1CCN(C(=O)OC)CC1.I. The Hall–Kier alpha value is -0.770. The number of rotatable bonds is 8. The lowest BCUT2D eigenvalue weighted by molar-refractivity contribution is 0.111. The van der Waals surface area contributed by atoms with Crippen molar-refractivity contribution < 1.29 is 14.6 Å². The van der Waals surface area contributed by atoms with Gasteiger partial charge in [0.05, 0.1) is 7.11 Å². The number of piperidine rings is 1. The molecule has 3 N–H and O–H groups in total. The Bertz CT molecular complexity index is 382. The Morgan fingerprint density at radius 2 is 2.00 bits per heavy atom. The summed E-state index contributed by atoms with van der Waals surface area (Å²) in [5.41, 5.74) is 0. The van der Waals surface area contributed by atoms with Gasteiger partial charge in [-0.2, -0.15) is 0 Å². The van der Waals surface area contributed by atoms with Crippen molar-refractivity contribution in [2.24, 2.45) is 10.9 Å². The second kappa shape index (κ2) is 14.4. The van der Waals surface area contributed by atoms with Crippen LogP contribution in [0.15, 0.2) is 4.99 Å². The molecular formula is C17H35IN4O3. The van der Waals surface area contributed by atoms with Gasteiger partial charge in [0, 0.05) is 38.8 Å². The predicted molar refractivity (Wildman–Crippen MR) is 112 cm³/mol. The molecule has 1 fully saturated rings. The first-order valence-electron chi connectivity index (χ1n) is 9.13. The van der Waals surface area contributed by atoms with Gasteiger partial charge in [-0.15, -0.1) is 24.0 Å². The quantitative estimate of drug-likeness (QED) is 0.288. The van der Waals surface area contributed by atoms with Crippen LogP contribution < -0.4 is 10.6 Å². The summed E-state index contributed by atoms with van der Waals surface area (Å²) in [6.07, 6.45) is 4.51.